The van der Waals surface area contributed by atoms with Crippen LogP contribution in [0, 0.1) is 6.92 Å². The Kier molecular flexibility index (Phi) is 3.50. The Bertz CT molecular complexity index is 875. The first kappa shape index (κ1) is 14.1. The highest BCUT2D eigenvalue weighted by Gasteiger charge is 2.12. The van der Waals surface area contributed by atoms with E-state index in [1.54, 1.807) is 19.1 Å². The minimum Gasteiger partial charge on any atom is -0.441 e. The van der Waals surface area contributed by atoms with Crippen molar-refractivity contribution in [1.82, 2.24) is 9.55 Å². The van der Waals surface area contributed by atoms with Crippen molar-refractivity contribution in [2.45, 2.75) is 19.8 Å². The lowest BCUT2D eigenvalue weighted by molar-refractivity contribution is 0.249. The number of pyridine rings is 1. The van der Waals surface area contributed by atoms with Crippen LogP contribution in [0.15, 0.2) is 45.6 Å². The van der Waals surface area contributed by atoms with Gasteiger partial charge in [-0.15, -0.1) is 0 Å². The summed E-state index contributed by atoms with van der Waals surface area (Å²) in [5.41, 5.74) is 7.38. The molecule has 0 spiro atoms. The number of nitrogens with two attached hydrogens (primary N) is 1. The topological polar surface area (TPSA) is 91.1 Å². The molecule has 0 fully saturated rings. The molecule has 0 atom stereocenters. The third kappa shape index (κ3) is 2.50. The van der Waals surface area contributed by atoms with Gasteiger partial charge in [0.2, 0.25) is 0 Å². The van der Waals surface area contributed by atoms with Crippen molar-refractivity contribution in [2.75, 3.05) is 0 Å². The summed E-state index contributed by atoms with van der Waals surface area (Å²) in [6.07, 6.45) is 0.908. The Balaban J connectivity index is 1.86. The molecule has 0 saturated heterocycles. The average molecular weight is 297 g/mol. The molecular formula is C16H15N3O3. The summed E-state index contributed by atoms with van der Waals surface area (Å²) in [6, 6.07) is 10.1. The van der Waals surface area contributed by atoms with E-state index in [4.69, 9.17) is 10.2 Å². The van der Waals surface area contributed by atoms with E-state index in [1.807, 2.05) is 24.3 Å². The van der Waals surface area contributed by atoms with Crippen LogP contribution in [0.25, 0.3) is 11.1 Å². The summed E-state index contributed by atoms with van der Waals surface area (Å²) < 4.78 is 6.59. The highest BCUT2D eigenvalue weighted by atomic mass is 16.3. The second-order valence-corrected chi connectivity index (χ2v) is 5.05. The normalized spacial score (nSPS) is 11.0. The van der Waals surface area contributed by atoms with E-state index in [1.165, 1.54) is 0 Å². The SMILES string of the molecule is Cc1ccc(CCc2nc3ccccc3o2)c(=O)n1C(N)=O. The van der Waals surface area contributed by atoms with Crippen LogP contribution in [0.3, 0.4) is 0 Å². The van der Waals surface area contributed by atoms with Gasteiger partial charge in [0.15, 0.2) is 11.5 Å². The van der Waals surface area contributed by atoms with Crippen LogP contribution < -0.4 is 11.3 Å². The van der Waals surface area contributed by atoms with Crippen LogP contribution in [0.4, 0.5) is 4.79 Å². The maximum atomic E-state index is 12.2. The first-order valence-electron chi connectivity index (χ1n) is 6.92. The number of hydrogen-bond donors (Lipinski definition) is 1. The van der Waals surface area contributed by atoms with Gasteiger partial charge in [-0.2, -0.15) is 0 Å². The first-order chi connectivity index (χ1) is 10.6. The first-order valence-corrected chi connectivity index (χ1v) is 6.92. The number of hydrogen-bond acceptors (Lipinski definition) is 4. The lowest BCUT2D eigenvalue weighted by Gasteiger charge is -2.07. The Morgan fingerprint density at radius 1 is 1.23 bits per heavy atom. The van der Waals surface area contributed by atoms with Crippen LogP contribution in [0.2, 0.25) is 0 Å². The van der Waals surface area contributed by atoms with Crippen molar-refractivity contribution < 1.29 is 9.21 Å². The molecule has 0 saturated carbocycles. The van der Waals surface area contributed by atoms with Crippen molar-refractivity contribution in [2.24, 2.45) is 5.73 Å². The fourth-order valence-corrected chi connectivity index (χ4v) is 2.40. The Labute approximate surface area is 126 Å². The molecular weight excluding hydrogens is 282 g/mol. The molecule has 2 aromatic heterocycles. The molecule has 0 aliphatic heterocycles. The molecule has 6 heteroatoms. The zero-order valence-corrected chi connectivity index (χ0v) is 12.1. The van der Waals surface area contributed by atoms with Crippen molar-refractivity contribution in [3.05, 3.63) is 63.9 Å². The Hall–Kier alpha value is -2.89. The van der Waals surface area contributed by atoms with Gasteiger partial charge >= 0.3 is 6.03 Å². The zero-order valence-electron chi connectivity index (χ0n) is 12.1. The fourth-order valence-electron chi connectivity index (χ4n) is 2.40. The summed E-state index contributed by atoms with van der Waals surface area (Å²) >= 11 is 0. The molecule has 1 aromatic carbocycles. The number of aryl methyl sites for hydroxylation is 3. The number of rotatable bonds is 3. The monoisotopic (exact) mass is 297 g/mol. The van der Waals surface area contributed by atoms with Crippen molar-refractivity contribution in [1.29, 1.82) is 0 Å². The maximum absolute atomic E-state index is 12.2. The number of carbonyl (C=O) groups excluding carboxylic acids is 1. The molecule has 1 amide bonds. The smallest absolute Gasteiger partial charge is 0.326 e. The molecule has 22 heavy (non-hydrogen) atoms. The number of para-hydroxylation sites is 2. The van der Waals surface area contributed by atoms with Gasteiger partial charge in [0, 0.05) is 17.7 Å². The van der Waals surface area contributed by atoms with E-state index >= 15 is 0 Å². The summed E-state index contributed by atoms with van der Waals surface area (Å²) in [5.74, 6) is 0.562. The minimum atomic E-state index is -0.772. The standard InChI is InChI=1S/C16H15N3O3/c1-10-6-7-11(15(20)19(10)16(17)21)8-9-14-18-12-4-2-3-5-13(12)22-14/h2-7H,8-9H2,1H3,(H2,17,21). The maximum Gasteiger partial charge on any atom is 0.326 e. The van der Waals surface area contributed by atoms with E-state index in [-0.39, 0.29) is 5.56 Å². The number of aromatic nitrogens is 2. The fraction of sp³-hybridized carbons (Fsp3) is 0.188. The van der Waals surface area contributed by atoms with Gasteiger partial charge < -0.3 is 10.2 Å². The molecule has 0 aliphatic rings. The number of oxazole rings is 1. The molecule has 2 heterocycles. The largest absolute Gasteiger partial charge is 0.441 e. The minimum absolute atomic E-state index is 0.386. The van der Waals surface area contributed by atoms with Gasteiger partial charge in [0.1, 0.15) is 5.52 Å². The molecule has 3 aromatic rings. The molecule has 3 rings (SSSR count). The van der Waals surface area contributed by atoms with Crippen LogP contribution in [0.1, 0.15) is 17.1 Å². The van der Waals surface area contributed by atoms with Gasteiger partial charge in [-0.05, 0) is 31.5 Å². The van der Waals surface area contributed by atoms with Crippen molar-refractivity contribution in [3.8, 4) is 0 Å². The molecule has 0 aliphatic carbocycles. The number of nitrogens with zero attached hydrogens (tertiary/aromatic N) is 2. The third-order valence-electron chi connectivity index (χ3n) is 3.52. The quantitative estimate of drug-likeness (QED) is 0.800. The molecule has 0 radical (unpaired) electrons. The van der Waals surface area contributed by atoms with E-state index in [0.29, 0.717) is 30.0 Å². The average Bonchev–Trinajstić information content (AvgIpc) is 2.89. The third-order valence-corrected chi connectivity index (χ3v) is 3.52. The van der Waals surface area contributed by atoms with E-state index in [0.717, 1.165) is 15.7 Å². The van der Waals surface area contributed by atoms with Crippen LogP contribution in [-0.2, 0) is 12.8 Å². The number of fused-ring (bicyclic) bond motifs is 1. The Morgan fingerprint density at radius 2 is 2.00 bits per heavy atom. The molecule has 2 N–H and O–H groups in total. The molecule has 0 bridgehead atoms. The summed E-state index contributed by atoms with van der Waals surface area (Å²) in [5, 5.41) is 0. The van der Waals surface area contributed by atoms with E-state index in [2.05, 4.69) is 4.98 Å². The highest BCUT2D eigenvalue weighted by Crippen LogP contribution is 2.15. The van der Waals surface area contributed by atoms with Crippen LogP contribution >= 0.6 is 0 Å². The summed E-state index contributed by atoms with van der Waals surface area (Å²) in [6.45, 7) is 1.66. The molecule has 6 nitrogen and oxygen atoms in total. The summed E-state index contributed by atoms with van der Waals surface area (Å²) in [7, 11) is 0. The van der Waals surface area contributed by atoms with Gasteiger partial charge in [-0.1, -0.05) is 18.2 Å². The number of carbonyl (C=O) groups is 1. The van der Waals surface area contributed by atoms with Gasteiger partial charge in [-0.25, -0.2) is 14.3 Å². The zero-order chi connectivity index (χ0) is 15.7. The van der Waals surface area contributed by atoms with Gasteiger partial charge in [-0.3, -0.25) is 4.79 Å². The summed E-state index contributed by atoms with van der Waals surface area (Å²) in [4.78, 5) is 27.9. The van der Waals surface area contributed by atoms with Gasteiger partial charge in [0.25, 0.3) is 5.56 Å². The molecule has 112 valence electrons. The van der Waals surface area contributed by atoms with E-state index < -0.39 is 6.03 Å². The van der Waals surface area contributed by atoms with Crippen molar-refractivity contribution in [3.63, 3.8) is 0 Å². The number of amides is 1. The number of primary amides is 1. The van der Waals surface area contributed by atoms with E-state index in [9.17, 15) is 9.59 Å². The second-order valence-electron chi connectivity index (χ2n) is 5.05. The van der Waals surface area contributed by atoms with Crippen LogP contribution in [-0.4, -0.2) is 15.6 Å². The molecule has 0 unspecified atom stereocenters. The highest BCUT2D eigenvalue weighted by molar-refractivity contribution is 5.75. The predicted molar refractivity (Wildman–Crippen MR) is 81.8 cm³/mol. The lowest BCUT2D eigenvalue weighted by Crippen LogP contribution is -2.35. The Morgan fingerprint density at radius 3 is 2.73 bits per heavy atom. The van der Waals surface area contributed by atoms with Gasteiger partial charge in [0.05, 0.1) is 0 Å². The van der Waals surface area contributed by atoms with Crippen LogP contribution in [0.5, 0.6) is 0 Å². The predicted octanol–water partition coefficient (Wildman–Crippen LogP) is 2.01. The number of benzene rings is 1. The van der Waals surface area contributed by atoms with Crippen molar-refractivity contribution >= 4 is 17.1 Å². The second kappa shape index (κ2) is 5.48. The lowest BCUT2D eigenvalue weighted by atomic mass is 10.1.